The highest BCUT2D eigenvalue weighted by atomic mass is 16.5. The topological polar surface area (TPSA) is 58.6 Å². The van der Waals surface area contributed by atoms with Gasteiger partial charge in [0.2, 0.25) is 5.91 Å². The van der Waals surface area contributed by atoms with Crippen LogP contribution in [0.25, 0.3) is 0 Å². The van der Waals surface area contributed by atoms with E-state index >= 15 is 0 Å². The summed E-state index contributed by atoms with van der Waals surface area (Å²) in [6.45, 7) is 5.93. The average molecular weight is 395 g/mol. The molecule has 154 valence electrons. The van der Waals surface area contributed by atoms with Crippen LogP contribution in [0.5, 0.6) is 5.75 Å². The molecule has 29 heavy (non-hydrogen) atoms. The molecule has 0 spiro atoms. The lowest BCUT2D eigenvalue weighted by Crippen LogP contribution is -2.46. The molecule has 1 saturated heterocycles. The molecule has 3 rings (SSSR count). The van der Waals surface area contributed by atoms with Gasteiger partial charge in [-0.15, -0.1) is 0 Å². The second-order valence-electron chi connectivity index (χ2n) is 7.58. The second-order valence-corrected chi connectivity index (χ2v) is 7.58. The third-order valence-corrected chi connectivity index (χ3v) is 5.32. The van der Waals surface area contributed by atoms with Crippen molar-refractivity contribution in [1.29, 1.82) is 0 Å². The maximum absolute atomic E-state index is 12.7. The van der Waals surface area contributed by atoms with Gasteiger partial charge in [0, 0.05) is 31.1 Å². The summed E-state index contributed by atoms with van der Waals surface area (Å²) in [5.41, 5.74) is 3.08. The Labute approximate surface area is 173 Å². The van der Waals surface area contributed by atoms with Crippen LogP contribution < -0.4 is 10.1 Å². The molecule has 1 aliphatic heterocycles. The Morgan fingerprint density at radius 1 is 1.03 bits per heavy atom. The van der Waals surface area contributed by atoms with Crippen LogP contribution in [-0.4, -0.2) is 42.5 Å². The second kappa shape index (κ2) is 10.1. The van der Waals surface area contributed by atoms with Gasteiger partial charge in [-0.05, 0) is 62.9 Å². The Kier molecular flexibility index (Phi) is 7.28. The molecule has 1 heterocycles. The van der Waals surface area contributed by atoms with Crippen LogP contribution in [0.4, 0.5) is 0 Å². The molecule has 0 atom stereocenters. The van der Waals surface area contributed by atoms with E-state index in [1.165, 1.54) is 11.1 Å². The molecule has 0 radical (unpaired) electrons. The fourth-order valence-corrected chi connectivity index (χ4v) is 3.58. The van der Waals surface area contributed by atoms with E-state index in [1.54, 1.807) is 0 Å². The van der Waals surface area contributed by atoms with Crippen molar-refractivity contribution >= 4 is 11.8 Å². The van der Waals surface area contributed by atoms with Crippen LogP contribution in [0.15, 0.2) is 48.5 Å². The molecule has 5 heteroatoms. The van der Waals surface area contributed by atoms with E-state index in [0.717, 1.165) is 25.0 Å². The minimum atomic E-state index is 0.0391. The lowest BCUT2D eigenvalue weighted by Gasteiger charge is -2.32. The quantitative estimate of drug-likeness (QED) is 0.778. The molecule has 2 aromatic carbocycles. The molecule has 5 nitrogen and oxygen atoms in total. The number of piperidine rings is 1. The number of nitrogens with one attached hydrogen (secondary N) is 1. The Bertz CT molecular complexity index is 807. The zero-order chi connectivity index (χ0) is 20.6. The first-order valence-electron chi connectivity index (χ1n) is 10.4. The summed E-state index contributed by atoms with van der Waals surface area (Å²) in [7, 11) is 0. The molecular weight excluding hydrogens is 364 g/mol. The summed E-state index contributed by atoms with van der Waals surface area (Å²) in [6.07, 6.45) is 2.83. The number of likely N-dealkylation sites (tertiary alicyclic amines) is 1. The van der Waals surface area contributed by atoms with Crippen molar-refractivity contribution in [2.24, 2.45) is 0 Å². The number of aryl methyl sites for hydroxylation is 2. The van der Waals surface area contributed by atoms with Crippen molar-refractivity contribution in [3.63, 3.8) is 0 Å². The Balaban J connectivity index is 1.41. The van der Waals surface area contributed by atoms with E-state index in [1.807, 2.05) is 36.1 Å². The summed E-state index contributed by atoms with van der Waals surface area (Å²) in [5, 5.41) is 3.13. The molecule has 0 aromatic heterocycles. The summed E-state index contributed by atoms with van der Waals surface area (Å²) < 4.78 is 5.43. The van der Waals surface area contributed by atoms with Gasteiger partial charge in [-0.1, -0.05) is 29.8 Å². The zero-order valence-corrected chi connectivity index (χ0v) is 17.3. The first-order valence-corrected chi connectivity index (χ1v) is 10.4. The molecule has 2 amide bonds. The van der Waals surface area contributed by atoms with E-state index in [-0.39, 0.29) is 17.9 Å². The van der Waals surface area contributed by atoms with Gasteiger partial charge in [0.25, 0.3) is 5.91 Å². The first kappa shape index (κ1) is 20.9. The lowest BCUT2D eigenvalue weighted by molar-refractivity contribution is -0.122. The largest absolute Gasteiger partial charge is 0.494 e. The highest BCUT2D eigenvalue weighted by Gasteiger charge is 2.24. The smallest absolute Gasteiger partial charge is 0.253 e. The molecule has 0 bridgehead atoms. The van der Waals surface area contributed by atoms with Crippen molar-refractivity contribution in [3.8, 4) is 5.75 Å². The molecule has 1 fully saturated rings. The average Bonchev–Trinajstić information content (AvgIpc) is 2.74. The van der Waals surface area contributed by atoms with E-state index in [0.29, 0.717) is 31.7 Å². The van der Waals surface area contributed by atoms with Gasteiger partial charge < -0.3 is 15.0 Å². The molecule has 0 unspecified atom stereocenters. The highest BCUT2D eigenvalue weighted by molar-refractivity contribution is 5.94. The highest BCUT2D eigenvalue weighted by Crippen LogP contribution is 2.17. The molecule has 2 aromatic rings. The Hall–Kier alpha value is -2.82. The number of benzene rings is 2. The zero-order valence-electron chi connectivity index (χ0n) is 17.3. The summed E-state index contributed by atoms with van der Waals surface area (Å²) in [4.78, 5) is 26.8. The first-order chi connectivity index (χ1) is 14.0. The van der Waals surface area contributed by atoms with Crippen molar-refractivity contribution in [2.75, 3.05) is 19.7 Å². The van der Waals surface area contributed by atoms with Crippen LogP contribution in [0.1, 0.15) is 47.7 Å². The van der Waals surface area contributed by atoms with Gasteiger partial charge in [-0.2, -0.15) is 0 Å². The lowest BCUT2D eigenvalue weighted by atomic mass is 10.0. The van der Waals surface area contributed by atoms with Crippen molar-refractivity contribution in [1.82, 2.24) is 10.2 Å². The monoisotopic (exact) mass is 394 g/mol. The molecule has 1 aliphatic rings. The summed E-state index contributed by atoms with van der Waals surface area (Å²) >= 11 is 0. The van der Waals surface area contributed by atoms with Crippen LogP contribution in [-0.2, 0) is 11.2 Å². The van der Waals surface area contributed by atoms with Crippen LogP contribution in [0.3, 0.4) is 0 Å². The molecule has 1 N–H and O–H groups in total. The number of rotatable bonds is 7. The van der Waals surface area contributed by atoms with Crippen molar-refractivity contribution in [3.05, 3.63) is 65.2 Å². The van der Waals surface area contributed by atoms with E-state index < -0.39 is 0 Å². The SMILES string of the molecule is CCOc1ccc(C(=O)N2CCC(NC(=O)CCc3ccc(C)cc3)CC2)cc1. The normalized spacial score (nSPS) is 14.5. The van der Waals surface area contributed by atoms with Gasteiger partial charge in [0.1, 0.15) is 5.75 Å². The molecular formula is C24H30N2O3. The molecule has 0 saturated carbocycles. The van der Waals surface area contributed by atoms with Gasteiger partial charge in [0.05, 0.1) is 6.61 Å². The van der Waals surface area contributed by atoms with Gasteiger partial charge in [0.15, 0.2) is 0 Å². The van der Waals surface area contributed by atoms with Crippen molar-refractivity contribution < 1.29 is 14.3 Å². The third kappa shape index (κ3) is 6.08. The standard InChI is InChI=1S/C24H30N2O3/c1-3-29-22-11-9-20(10-12-22)24(28)26-16-14-21(15-17-26)25-23(27)13-8-19-6-4-18(2)5-7-19/h4-7,9-12,21H,3,8,13-17H2,1-2H3,(H,25,27). The number of hydrogen-bond donors (Lipinski definition) is 1. The van der Waals surface area contributed by atoms with Crippen LogP contribution >= 0.6 is 0 Å². The predicted molar refractivity (Wildman–Crippen MR) is 114 cm³/mol. The van der Waals surface area contributed by atoms with Gasteiger partial charge >= 0.3 is 0 Å². The number of carbonyl (C=O) groups excluding carboxylic acids is 2. The van der Waals surface area contributed by atoms with E-state index in [2.05, 4.69) is 36.5 Å². The van der Waals surface area contributed by atoms with Gasteiger partial charge in [-0.25, -0.2) is 0 Å². The fraction of sp³-hybridized carbons (Fsp3) is 0.417. The summed E-state index contributed by atoms with van der Waals surface area (Å²) in [6, 6.07) is 15.7. The minimum absolute atomic E-state index is 0.0391. The third-order valence-electron chi connectivity index (χ3n) is 5.32. The number of carbonyl (C=O) groups is 2. The summed E-state index contributed by atoms with van der Waals surface area (Å²) in [5.74, 6) is 0.898. The maximum Gasteiger partial charge on any atom is 0.253 e. The van der Waals surface area contributed by atoms with Crippen LogP contribution in [0, 0.1) is 6.92 Å². The Morgan fingerprint density at radius 2 is 1.69 bits per heavy atom. The number of nitrogens with zero attached hydrogens (tertiary/aromatic N) is 1. The fourth-order valence-electron chi connectivity index (χ4n) is 3.58. The number of amides is 2. The Morgan fingerprint density at radius 3 is 2.31 bits per heavy atom. The number of ether oxygens (including phenoxy) is 1. The van der Waals surface area contributed by atoms with Crippen LogP contribution in [0.2, 0.25) is 0 Å². The molecule has 0 aliphatic carbocycles. The van der Waals surface area contributed by atoms with Gasteiger partial charge in [-0.3, -0.25) is 9.59 Å². The van der Waals surface area contributed by atoms with E-state index in [9.17, 15) is 9.59 Å². The predicted octanol–water partition coefficient (Wildman–Crippen LogP) is 3.75. The number of hydrogen-bond acceptors (Lipinski definition) is 3. The van der Waals surface area contributed by atoms with Crippen molar-refractivity contribution in [2.45, 2.75) is 45.6 Å². The maximum atomic E-state index is 12.7. The minimum Gasteiger partial charge on any atom is -0.494 e. The van der Waals surface area contributed by atoms with E-state index in [4.69, 9.17) is 4.74 Å².